The summed E-state index contributed by atoms with van der Waals surface area (Å²) in [6, 6.07) is 23.7. The van der Waals surface area contributed by atoms with E-state index < -0.39 is 0 Å². The molecule has 4 aromatic rings. The molecule has 4 rings (SSSR count). The van der Waals surface area contributed by atoms with Crippen molar-refractivity contribution in [3.8, 4) is 17.2 Å². The van der Waals surface area contributed by atoms with Gasteiger partial charge in [-0.3, -0.25) is 9.59 Å². The zero-order valence-corrected chi connectivity index (χ0v) is 20.0. The molecule has 0 saturated heterocycles. The summed E-state index contributed by atoms with van der Waals surface area (Å²) >= 11 is 0. The third kappa shape index (κ3) is 5.98. The van der Waals surface area contributed by atoms with Crippen LogP contribution in [0.2, 0.25) is 0 Å². The number of nitrogens with zero attached hydrogens (tertiary/aromatic N) is 2. The van der Waals surface area contributed by atoms with Gasteiger partial charge in [0.1, 0.15) is 0 Å². The van der Waals surface area contributed by atoms with Crippen molar-refractivity contribution in [3.05, 3.63) is 108 Å². The Hall–Kier alpha value is -4.85. The number of para-hydroxylation sites is 2. The Kier molecular flexibility index (Phi) is 7.77. The number of ether oxygens (including phenoxy) is 2. The van der Waals surface area contributed by atoms with Crippen LogP contribution in [0, 0.1) is 6.92 Å². The molecule has 8 nitrogen and oxygen atoms in total. The normalized spacial score (nSPS) is 10.7. The van der Waals surface area contributed by atoms with Crippen LogP contribution in [-0.4, -0.2) is 36.3 Å². The highest BCUT2D eigenvalue weighted by atomic mass is 16.5. The van der Waals surface area contributed by atoms with E-state index in [4.69, 9.17) is 9.47 Å². The molecule has 182 valence electrons. The number of nitrogens with one attached hydrogen (secondary N) is 2. The number of hydrazone groups is 1. The van der Waals surface area contributed by atoms with Crippen molar-refractivity contribution in [2.45, 2.75) is 6.92 Å². The summed E-state index contributed by atoms with van der Waals surface area (Å²) in [5, 5.41) is 6.91. The van der Waals surface area contributed by atoms with Crippen molar-refractivity contribution >= 4 is 23.7 Å². The van der Waals surface area contributed by atoms with E-state index in [0.717, 1.165) is 16.9 Å². The molecule has 1 heterocycles. The van der Waals surface area contributed by atoms with Crippen LogP contribution < -0.4 is 20.2 Å². The lowest BCUT2D eigenvalue weighted by Gasteiger charge is -2.12. The van der Waals surface area contributed by atoms with Gasteiger partial charge in [0.15, 0.2) is 18.1 Å². The highest BCUT2D eigenvalue weighted by Gasteiger charge is 2.12. The molecule has 0 unspecified atom stereocenters. The molecule has 36 heavy (non-hydrogen) atoms. The molecule has 3 aromatic carbocycles. The summed E-state index contributed by atoms with van der Waals surface area (Å²) in [6.45, 7) is 1.75. The second kappa shape index (κ2) is 11.5. The van der Waals surface area contributed by atoms with Gasteiger partial charge in [-0.05, 0) is 66.6 Å². The maximum absolute atomic E-state index is 12.7. The van der Waals surface area contributed by atoms with E-state index in [0.29, 0.717) is 22.6 Å². The molecule has 0 bridgehead atoms. The Morgan fingerprint density at radius 2 is 1.69 bits per heavy atom. The van der Waals surface area contributed by atoms with Crippen LogP contribution >= 0.6 is 0 Å². The van der Waals surface area contributed by atoms with Gasteiger partial charge in [0, 0.05) is 18.1 Å². The lowest BCUT2D eigenvalue weighted by molar-refractivity contribution is -0.118. The van der Waals surface area contributed by atoms with E-state index in [1.54, 1.807) is 30.3 Å². The summed E-state index contributed by atoms with van der Waals surface area (Å²) < 4.78 is 12.9. The van der Waals surface area contributed by atoms with Crippen molar-refractivity contribution in [1.29, 1.82) is 0 Å². The van der Waals surface area contributed by atoms with Gasteiger partial charge in [-0.1, -0.05) is 30.3 Å². The van der Waals surface area contributed by atoms with Crippen LogP contribution in [0.15, 0.2) is 96.4 Å². The molecular formula is C28H26N4O4. The SMILES string of the molecule is COc1cc(/C=N\NC(=O)c2ccccc2-n2cccc2)ccc1OCC(=O)Nc1ccccc1C. The number of methoxy groups -OCH3 is 1. The Morgan fingerprint density at radius 1 is 0.944 bits per heavy atom. The third-order valence-corrected chi connectivity index (χ3v) is 5.38. The van der Waals surface area contributed by atoms with Crippen molar-refractivity contribution in [1.82, 2.24) is 9.99 Å². The standard InChI is InChI=1S/C28H26N4O4/c1-20-9-3-5-11-23(20)30-27(33)19-36-25-14-13-21(17-26(25)35-2)18-29-31-28(34)22-10-4-6-12-24(22)32-15-7-8-16-32/h3-18H,19H2,1-2H3,(H,30,33)(H,31,34)/b29-18-. The highest BCUT2D eigenvalue weighted by molar-refractivity contribution is 5.98. The molecule has 0 atom stereocenters. The fourth-order valence-electron chi connectivity index (χ4n) is 3.54. The molecule has 0 fully saturated rings. The predicted molar refractivity (Wildman–Crippen MR) is 139 cm³/mol. The smallest absolute Gasteiger partial charge is 0.273 e. The molecule has 0 spiro atoms. The fourth-order valence-corrected chi connectivity index (χ4v) is 3.54. The molecule has 1 aromatic heterocycles. The minimum absolute atomic E-state index is 0.172. The van der Waals surface area contributed by atoms with Crippen LogP contribution in [0.4, 0.5) is 5.69 Å². The Morgan fingerprint density at radius 3 is 2.47 bits per heavy atom. The summed E-state index contributed by atoms with van der Waals surface area (Å²) in [7, 11) is 1.51. The number of carbonyl (C=O) groups is 2. The topological polar surface area (TPSA) is 93.9 Å². The third-order valence-electron chi connectivity index (χ3n) is 5.38. The number of hydrogen-bond donors (Lipinski definition) is 2. The van der Waals surface area contributed by atoms with Gasteiger partial charge in [-0.15, -0.1) is 0 Å². The molecule has 2 N–H and O–H groups in total. The Labute approximate surface area is 209 Å². The number of benzene rings is 3. The fraction of sp³-hybridized carbons (Fsp3) is 0.107. The Bertz CT molecular complexity index is 1380. The quantitative estimate of drug-likeness (QED) is 0.270. The van der Waals surface area contributed by atoms with Crippen molar-refractivity contribution in [2.75, 3.05) is 19.0 Å². The van der Waals surface area contributed by atoms with Crippen LogP contribution in [0.1, 0.15) is 21.5 Å². The number of rotatable bonds is 9. The number of aromatic nitrogens is 1. The van der Waals surface area contributed by atoms with E-state index in [2.05, 4.69) is 15.8 Å². The lowest BCUT2D eigenvalue weighted by Crippen LogP contribution is -2.20. The molecule has 0 aliphatic carbocycles. The molecular weight excluding hydrogens is 456 g/mol. The first-order valence-corrected chi connectivity index (χ1v) is 11.3. The first kappa shape index (κ1) is 24.3. The molecule has 0 saturated carbocycles. The molecule has 0 aliphatic heterocycles. The van der Waals surface area contributed by atoms with Gasteiger partial charge < -0.3 is 19.4 Å². The van der Waals surface area contributed by atoms with E-state index in [-0.39, 0.29) is 18.4 Å². The van der Waals surface area contributed by atoms with E-state index in [1.165, 1.54) is 13.3 Å². The average Bonchev–Trinajstić information content (AvgIpc) is 3.44. The molecule has 0 aliphatic rings. The van der Waals surface area contributed by atoms with Crippen LogP contribution in [0.3, 0.4) is 0 Å². The monoisotopic (exact) mass is 482 g/mol. The van der Waals surface area contributed by atoms with Crippen LogP contribution in [0.5, 0.6) is 11.5 Å². The van der Waals surface area contributed by atoms with E-state index in [1.807, 2.05) is 72.4 Å². The molecule has 2 amide bonds. The molecule has 8 heteroatoms. The number of hydrogen-bond acceptors (Lipinski definition) is 5. The number of amides is 2. The van der Waals surface area contributed by atoms with Crippen molar-refractivity contribution in [2.24, 2.45) is 5.10 Å². The predicted octanol–water partition coefficient (Wildman–Crippen LogP) is 4.58. The summed E-state index contributed by atoms with van der Waals surface area (Å²) in [5.74, 6) is 0.244. The van der Waals surface area contributed by atoms with Gasteiger partial charge >= 0.3 is 0 Å². The van der Waals surface area contributed by atoms with Crippen LogP contribution in [-0.2, 0) is 4.79 Å². The average molecular weight is 483 g/mol. The zero-order valence-electron chi connectivity index (χ0n) is 20.0. The van der Waals surface area contributed by atoms with Crippen LogP contribution in [0.25, 0.3) is 5.69 Å². The first-order valence-electron chi connectivity index (χ1n) is 11.3. The van der Waals surface area contributed by atoms with E-state index >= 15 is 0 Å². The van der Waals surface area contributed by atoms with Gasteiger partial charge in [0.25, 0.3) is 11.8 Å². The number of aryl methyl sites for hydroxylation is 1. The second-order valence-corrected chi connectivity index (χ2v) is 7.87. The number of anilines is 1. The maximum Gasteiger partial charge on any atom is 0.273 e. The zero-order chi connectivity index (χ0) is 25.3. The van der Waals surface area contributed by atoms with Crippen molar-refractivity contribution in [3.63, 3.8) is 0 Å². The molecule has 0 radical (unpaired) electrons. The summed E-state index contributed by atoms with van der Waals surface area (Å²) in [5.41, 5.74) is 6.20. The maximum atomic E-state index is 12.7. The van der Waals surface area contributed by atoms with Gasteiger partial charge in [-0.25, -0.2) is 5.43 Å². The second-order valence-electron chi connectivity index (χ2n) is 7.87. The minimum Gasteiger partial charge on any atom is -0.493 e. The lowest BCUT2D eigenvalue weighted by atomic mass is 10.1. The Balaban J connectivity index is 1.37. The summed E-state index contributed by atoms with van der Waals surface area (Å²) in [4.78, 5) is 25.0. The van der Waals surface area contributed by atoms with Crippen molar-refractivity contribution < 1.29 is 19.1 Å². The first-order chi connectivity index (χ1) is 17.5. The largest absolute Gasteiger partial charge is 0.493 e. The minimum atomic E-state index is -0.331. The highest BCUT2D eigenvalue weighted by Crippen LogP contribution is 2.27. The summed E-state index contributed by atoms with van der Waals surface area (Å²) in [6.07, 6.45) is 5.25. The number of carbonyl (C=O) groups excluding carboxylic acids is 2. The van der Waals surface area contributed by atoms with Gasteiger partial charge in [-0.2, -0.15) is 5.10 Å². The van der Waals surface area contributed by atoms with E-state index in [9.17, 15) is 9.59 Å². The van der Waals surface area contributed by atoms with Gasteiger partial charge in [0.05, 0.1) is 24.6 Å². The van der Waals surface area contributed by atoms with Gasteiger partial charge in [0.2, 0.25) is 0 Å².